The lowest BCUT2D eigenvalue weighted by atomic mass is 10.1. The summed E-state index contributed by atoms with van der Waals surface area (Å²) in [4.78, 5) is 7.13. The van der Waals surface area contributed by atoms with Crippen LogP contribution in [0.4, 0.5) is 0 Å². The van der Waals surface area contributed by atoms with Crippen molar-refractivity contribution in [2.45, 2.75) is 38.8 Å². The molecule has 0 spiro atoms. The van der Waals surface area contributed by atoms with Gasteiger partial charge >= 0.3 is 0 Å². The lowest BCUT2D eigenvalue weighted by molar-refractivity contribution is 0.193. The van der Waals surface area contributed by atoms with E-state index in [1.54, 1.807) is 0 Å². The zero-order valence-electron chi connectivity index (χ0n) is 13.2. The Labute approximate surface area is 129 Å². The molecule has 2 aliphatic rings. The molecule has 0 aromatic carbocycles. The molecule has 0 bridgehead atoms. The third-order valence-corrected chi connectivity index (χ3v) is 4.62. The quantitative estimate of drug-likeness (QED) is 0.922. The summed E-state index contributed by atoms with van der Waals surface area (Å²) in [6.45, 7) is 6.42. The van der Waals surface area contributed by atoms with Crippen molar-refractivity contribution in [3.63, 3.8) is 0 Å². The normalized spacial score (nSPS) is 22.2. The number of hydrogen-bond donors (Lipinski definition) is 1. The van der Waals surface area contributed by atoms with Crippen LogP contribution in [-0.4, -0.2) is 56.7 Å². The molecule has 4 heterocycles. The summed E-state index contributed by atoms with van der Waals surface area (Å²) < 4.78 is 7.44. The molecule has 7 nitrogen and oxygen atoms in total. The highest BCUT2D eigenvalue weighted by molar-refractivity contribution is 5.57. The summed E-state index contributed by atoms with van der Waals surface area (Å²) in [7, 11) is 2.14. The van der Waals surface area contributed by atoms with Crippen LogP contribution in [-0.2, 0) is 24.2 Å². The van der Waals surface area contributed by atoms with E-state index in [9.17, 15) is 0 Å². The Morgan fingerprint density at radius 1 is 1.41 bits per heavy atom. The Kier molecular flexibility index (Phi) is 3.46. The summed E-state index contributed by atoms with van der Waals surface area (Å²) in [5, 5.41) is 12.4. The smallest absolute Gasteiger partial charge is 0.179 e. The van der Waals surface area contributed by atoms with E-state index >= 15 is 0 Å². The van der Waals surface area contributed by atoms with Crippen molar-refractivity contribution < 1.29 is 4.74 Å². The molecule has 1 saturated heterocycles. The van der Waals surface area contributed by atoms with Crippen molar-refractivity contribution in [1.29, 1.82) is 0 Å². The number of aryl methyl sites for hydroxylation is 1. The average Bonchev–Trinajstić information content (AvgIpc) is 3.24. The minimum atomic E-state index is 0.323. The van der Waals surface area contributed by atoms with E-state index in [1.165, 1.54) is 11.3 Å². The van der Waals surface area contributed by atoms with Crippen LogP contribution in [0.5, 0.6) is 0 Å². The highest BCUT2D eigenvalue weighted by atomic mass is 16.5. The first-order valence-electron chi connectivity index (χ1n) is 8.03. The van der Waals surface area contributed by atoms with Gasteiger partial charge in [-0.3, -0.25) is 5.10 Å². The minimum Gasteiger partial charge on any atom is -0.381 e. The Bertz CT molecular complexity index is 670. The van der Waals surface area contributed by atoms with Crippen LogP contribution < -0.4 is 0 Å². The van der Waals surface area contributed by atoms with Gasteiger partial charge in [0.2, 0.25) is 0 Å². The summed E-state index contributed by atoms with van der Waals surface area (Å²) in [5.41, 5.74) is 3.47. The van der Waals surface area contributed by atoms with Crippen molar-refractivity contribution in [3.8, 4) is 11.5 Å². The Morgan fingerprint density at radius 3 is 3.09 bits per heavy atom. The summed E-state index contributed by atoms with van der Waals surface area (Å²) in [6, 6.07) is 0. The molecule has 2 aromatic heterocycles. The second kappa shape index (κ2) is 5.48. The van der Waals surface area contributed by atoms with Crippen molar-refractivity contribution in [1.82, 2.24) is 29.9 Å². The topological polar surface area (TPSA) is 71.9 Å². The van der Waals surface area contributed by atoms with Crippen LogP contribution in [0.3, 0.4) is 0 Å². The van der Waals surface area contributed by atoms with Gasteiger partial charge in [0.05, 0.1) is 6.61 Å². The predicted octanol–water partition coefficient (Wildman–Crippen LogP) is 1.18. The minimum absolute atomic E-state index is 0.323. The van der Waals surface area contributed by atoms with Gasteiger partial charge in [0.15, 0.2) is 11.6 Å². The maximum absolute atomic E-state index is 5.47. The number of likely N-dealkylation sites (N-methyl/N-ethyl adjacent to an activating group) is 1. The first-order chi connectivity index (χ1) is 10.8. The van der Waals surface area contributed by atoms with Crippen molar-refractivity contribution in [2.75, 3.05) is 26.8 Å². The fourth-order valence-electron chi connectivity index (χ4n) is 3.28. The van der Waals surface area contributed by atoms with Gasteiger partial charge in [0, 0.05) is 49.8 Å². The lowest BCUT2D eigenvalue weighted by Gasteiger charge is -2.22. The van der Waals surface area contributed by atoms with E-state index in [4.69, 9.17) is 14.8 Å². The molecule has 2 aromatic rings. The number of fused-ring (bicyclic) bond motifs is 1. The second-order valence-corrected chi connectivity index (χ2v) is 6.19. The van der Waals surface area contributed by atoms with Gasteiger partial charge in [-0.15, -0.1) is 0 Å². The molecule has 0 aliphatic carbocycles. The molecular weight excluding hydrogens is 280 g/mol. The molecule has 2 aliphatic heterocycles. The van der Waals surface area contributed by atoms with Crippen LogP contribution in [0.25, 0.3) is 11.5 Å². The van der Waals surface area contributed by atoms with Gasteiger partial charge in [-0.25, -0.2) is 9.67 Å². The molecule has 0 saturated carbocycles. The standard InChI is InChI=1S/C15H22N6O/c1-3-21-15(16-14(19-21)10-5-7-22-9-10)13-11-8-20(2)6-4-12(11)17-18-13/h10H,3-9H2,1-2H3,(H,17,18)/t10-/m0/s1. The monoisotopic (exact) mass is 302 g/mol. The Hall–Kier alpha value is -1.73. The number of hydrogen-bond acceptors (Lipinski definition) is 5. The number of aromatic nitrogens is 5. The van der Waals surface area contributed by atoms with Gasteiger partial charge in [-0.2, -0.15) is 10.2 Å². The largest absolute Gasteiger partial charge is 0.381 e. The molecular formula is C15H22N6O. The fourth-order valence-corrected chi connectivity index (χ4v) is 3.28. The molecule has 0 amide bonds. The van der Waals surface area contributed by atoms with Gasteiger partial charge in [-0.05, 0) is 20.4 Å². The number of aromatic amines is 1. The van der Waals surface area contributed by atoms with Gasteiger partial charge in [-0.1, -0.05) is 0 Å². The number of H-pyrrole nitrogens is 1. The summed E-state index contributed by atoms with van der Waals surface area (Å²) in [5.74, 6) is 2.11. The van der Waals surface area contributed by atoms with Crippen molar-refractivity contribution >= 4 is 0 Å². The molecule has 4 rings (SSSR count). The molecule has 118 valence electrons. The first-order valence-corrected chi connectivity index (χ1v) is 8.03. The molecule has 1 N–H and O–H groups in total. The number of rotatable bonds is 3. The molecule has 1 fully saturated rings. The van der Waals surface area contributed by atoms with E-state index in [1.807, 2.05) is 4.68 Å². The number of ether oxygens (including phenoxy) is 1. The van der Waals surface area contributed by atoms with Crippen molar-refractivity contribution in [3.05, 3.63) is 17.1 Å². The Balaban J connectivity index is 1.74. The number of nitrogens with zero attached hydrogens (tertiary/aromatic N) is 5. The maximum atomic E-state index is 5.47. The highest BCUT2D eigenvalue weighted by Gasteiger charge is 2.27. The van der Waals surface area contributed by atoms with Gasteiger partial charge < -0.3 is 9.64 Å². The first kappa shape index (κ1) is 13.9. The third-order valence-electron chi connectivity index (χ3n) is 4.62. The molecule has 0 unspecified atom stereocenters. The average molecular weight is 302 g/mol. The maximum Gasteiger partial charge on any atom is 0.179 e. The van der Waals surface area contributed by atoms with E-state index in [2.05, 4.69) is 29.1 Å². The van der Waals surface area contributed by atoms with Crippen molar-refractivity contribution in [2.24, 2.45) is 0 Å². The molecule has 7 heteroatoms. The van der Waals surface area contributed by atoms with Gasteiger partial charge in [0.1, 0.15) is 5.69 Å². The Morgan fingerprint density at radius 2 is 2.32 bits per heavy atom. The fraction of sp³-hybridized carbons (Fsp3) is 0.667. The van der Waals surface area contributed by atoms with Crippen LogP contribution >= 0.6 is 0 Å². The van der Waals surface area contributed by atoms with E-state index in [-0.39, 0.29) is 0 Å². The third kappa shape index (κ3) is 2.24. The van der Waals surface area contributed by atoms with Crippen LogP contribution in [0, 0.1) is 0 Å². The van der Waals surface area contributed by atoms with E-state index in [0.717, 1.165) is 63.0 Å². The SMILES string of the molecule is CCn1nc([C@H]2CCOC2)nc1-c1n[nH]c2c1CN(C)CC2. The predicted molar refractivity (Wildman–Crippen MR) is 81.5 cm³/mol. The highest BCUT2D eigenvalue weighted by Crippen LogP contribution is 2.29. The second-order valence-electron chi connectivity index (χ2n) is 6.19. The van der Waals surface area contributed by atoms with E-state index < -0.39 is 0 Å². The van der Waals surface area contributed by atoms with E-state index in [0.29, 0.717) is 5.92 Å². The summed E-state index contributed by atoms with van der Waals surface area (Å²) >= 11 is 0. The summed E-state index contributed by atoms with van der Waals surface area (Å²) in [6.07, 6.45) is 2.02. The molecule has 0 radical (unpaired) electrons. The van der Waals surface area contributed by atoms with Crippen LogP contribution in [0.2, 0.25) is 0 Å². The number of nitrogens with one attached hydrogen (secondary N) is 1. The lowest BCUT2D eigenvalue weighted by Crippen LogP contribution is -2.26. The van der Waals surface area contributed by atoms with Crippen LogP contribution in [0.1, 0.15) is 36.3 Å². The zero-order chi connectivity index (χ0) is 15.1. The van der Waals surface area contributed by atoms with Gasteiger partial charge in [0.25, 0.3) is 0 Å². The molecule has 1 atom stereocenters. The van der Waals surface area contributed by atoms with Crippen LogP contribution in [0.15, 0.2) is 0 Å². The zero-order valence-corrected chi connectivity index (χ0v) is 13.2. The molecule has 22 heavy (non-hydrogen) atoms.